The van der Waals surface area contributed by atoms with Gasteiger partial charge in [0.25, 0.3) is 0 Å². The standard InChI is InChI=1S/C12H23NO5/c1-11(2,3)18-10(15)13-7-9(14)17-8-12(4,5)16-6/h7-8H2,1-6H3,(H,13,15). The smallest absolute Gasteiger partial charge is 0.408 e. The Hall–Kier alpha value is -1.30. The molecule has 0 saturated heterocycles. The molecule has 0 atom stereocenters. The minimum atomic E-state index is -0.648. The SMILES string of the molecule is COC(C)(C)COC(=O)CNC(=O)OC(C)(C)C. The maximum absolute atomic E-state index is 11.3. The lowest BCUT2D eigenvalue weighted by Gasteiger charge is -2.22. The Balaban J connectivity index is 3.88. The van der Waals surface area contributed by atoms with Crippen molar-refractivity contribution in [2.24, 2.45) is 0 Å². The molecule has 0 fully saturated rings. The summed E-state index contributed by atoms with van der Waals surface area (Å²) in [5.41, 5.74) is -1.13. The summed E-state index contributed by atoms with van der Waals surface area (Å²) in [4.78, 5) is 22.6. The second-order valence-corrected chi connectivity index (χ2v) is 5.48. The third-order valence-corrected chi connectivity index (χ3v) is 1.91. The maximum atomic E-state index is 11.3. The normalized spacial score (nSPS) is 11.9. The Morgan fingerprint density at radius 3 is 2.11 bits per heavy atom. The van der Waals surface area contributed by atoms with Crippen molar-refractivity contribution in [2.45, 2.75) is 45.8 Å². The number of methoxy groups -OCH3 is 1. The number of hydrogen-bond acceptors (Lipinski definition) is 5. The molecule has 0 spiro atoms. The lowest BCUT2D eigenvalue weighted by atomic mass is 10.1. The number of hydrogen-bond donors (Lipinski definition) is 1. The number of carbonyl (C=O) groups is 2. The number of esters is 1. The molecule has 0 radical (unpaired) electrons. The van der Waals surface area contributed by atoms with Gasteiger partial charge in [-0.2, -0.15) is 0 Å². The van der Waals surface area contributed by atoms with Crippen LogP contribution in [-0.2, 0) is 19.0 Å². The molecule has 0 aromatic rings. The van der Waals surface area contributed by atoms with Crippen LogP contribution in [0.25, 0.3) is 0 Å². The third kappa shape index (κ3) is 8.81. The van der Waals surface area contributed by atoms with Gasteiger partial charge in [0.1, 0.15) is 18.8 Å². The van der Waals surface area contributed by atoms with Crippen LogP contribution in [0.3, 0.4) is 0 Å². The predicted octanol–water partition coefficient (Wildman–Crippen LogP) is 1.48. The number of carbonyl (C=O) groups excluding carboxylic acids is 2. The van der Waals surface area contributed by atoms with E-state index in [2.05, 4.69) is 5.32 Å². The molecule has 0 saturated carbocycles. The van der Waals surface area contributed by atoms with E-state index >= 15 is 0 Å². The zero-order chi connectivity index (χ0) is 14.4. The highest BCUT2D eigenvalue weighted by Gasteiger charge is 2.20. The van der Waals surface area contributed by atoms with Crippen LogP contribution in [0.2, 0.25) is 0 Å². The predicted molar refractivity (Wildman–Crippen MR) is 66.3 cm³/mol. The Morgan fingerprint density at radius 1 is 1.11 bits per heavy atom. The summed E-state index contributed by atoms with van der Waals surface area (Å²) in [6.45, 7) is 8.71. The summed E-state index contributed by atoms with van der Waals surface area (Å²) >= 11 is 0. The fourth-order valence-electron chi connectivity index (χ4n) is 0.823. The molecule has 6 nitrogen and oxygen atoms in total. The van der Waals surface area contributed by atoms with E-state index in [0.717, 1.165) is 0 Å². The van der Waals surface area contributed by atoms with Gasteiger partial charge in [0, 0.05) is 7.11 Å². The van der Waals surface area contributed by atoms with Crippen LogP contribution in [0.4, 0.5) is 4.79 Å². The van der Waals surface area contributed by atoms with Crippen molar-refractivity contribution in [3.05, 3.63) is 0 Å². The van der Waals surface area contributed by atoms with Crippen LogP contribution in [-0.4, -0.2) is 43.5 Å². The van der Waals surface area contributed by atoms with E-state index in [4.69, 9.17) is 14.2 Å². The minimum Gasteiger partial charge on any atom is -0.461 e. The molecule has 0 aliphatic rings. The quantitative estimate of drug-likeness (QED) is 0.759. The van der Waals surface area contributed by atoms with Gasteiger partial charge in [-0.05, 0) is 34.6 Å². The lowest BCUT2D eigenvalue weighted by molar-refractivity contribution is -0.150. The first-order valence-corrected chi connectivity index (χ1v) is 5.73. The van der Waals surface area contributed by atoms with Crippen molar-refractivity contribution in [3.8, 4) is 0 Å². The largest absolute Gasteiger partial charge is 0.461 e. The summed E-state index contributed by atoms with van der Waals surface area (Å²) < 4.78 is 15.0. The molecule has 0 unspecified atom stereocenters. The van der Waals surface area contributed by atoms with Crippen LogP contribution >= 0.6 is 0 Å². The van der Waals surface area contributed by atoms with E-state index < -0.39 is 23.3 Å². The van der Waals surface area contributed by atoms with Gasteiger partial charge < -0.3 is 19.5 Å². The summed E-state index contributed by atoms with van der Waals surface area (Å²) in [5.74, 6) is -0.536. The first kappa shape index (κ1) is 16.7. The zero-order valence-electron chi connectivity index (χ0n) is 12.0. The highest BCUT2D eigenvalue weighted by molar-refractivity contribution is 5.78. The van der Waals surface area contributed by atoms with Crippen LogP contribution in [0.5, 0.6) is 0 Å². The Morgan fingerprint density at radius 2 is 1.67 bits per heavy atom. The van der Waals surface area contributed by atoms with Crippen LogP contribution in [0, 0.1) is 0 Å². The van der Waals surface area contributed by atoms with Crippen molar-refractivity contribution in [3.63, 3.8) is 0 Å². The Kier molecular flexibility index (Phi) is 6.11. The van der Waals surface area contributed by atoms with Gasteiger partial charge in [-0.3, -0.25) is 4.79 Å². The monoisotopic (exact) mass is 261 g/mol. The molecule has 1 amide bonds. The molecule has 0 bridgehead atoms. The van der Waals surface area contributed by atoms with Crippen LogP contribution in [0.15, 0.2) is 0 Å². The van der Waals surface area contributed by atoms with E-state index in [9.17, 15) is 9.59 Å². The number of ether oxygens (including phenoxy) is 3. The first-order chi connectivity index (χ1) is 8.06. The molecule has 18 heavy (non-hydrogen) atoms. The van der Waals surface area contributed by atoms with Crippen LogP contribution < -0.4 is 5.32 Å². The second kappa shape index (κ2) is 6.58. The molecule has 0 rings (SSSR count). The molecule has 1 N–H and O–H groups in total. The van der Waals surface area contributed by atoms with Gasteiger partial charge in [-0.15, -0.1) is 0 Å². The molecular weight excluding hydrogens is 238 g/mol. The number of nitrogens with one attached hydrogen (secondary N) is 1. The highest BCUT2D eigenvalue weighted by atomic mass is 16.6. The van der Waals surface area contributed by atoms with E-state index in [-0.39, 0.29) is 13.2 Å². The summed E-state index contributed by atoms with van der Waals surface area (Å²) in [6, 6.07) is 0. The first-order valence-electron chi connectivity index (χ1n) is 5.73. The molecule has 0 aromatic heterocycles. The molecular formula is C12H23NO5. The number of alkyl carbamates (subject to hydrolysis) is 1. The van der Waals surface area contributed by atoms with E-state index in [1.54, 1.807) is 34.6 Å². The lowest BCUT2D eigenvalue weighted by Crippen LogP contribution is -2.37. The Bertz CT molecular complexity index is 293. The maximum Gasteiger partial charge on any atom is 0.408 e. The highest BCUT2D eigenvalue weighted by Crippen LogP contribution is 2.08. The van der Waals surface area contributed by atoms with Gasteiger partial charge in [-0.1, -0.05) is 0 Å². The van der Waals surface area contributed by atoms with Crippen molar-refractivity contribution < 1.29 is 23.8 Å². The third-order valence-electron chi connectivity index (χ3n) is 1.91. The summed E-state index contributed by atoms with van der Waals surface area (Å²) in [5, 5.41) is 2.32. The van der Waals surface area contributed by atoms with Crippen molar-refractivity contribution in [1.29, 1.82) is 0 Å². The zero-order valence-corrected chi connectivity index (χ0v) is 12.0. The summed E-state index contributed by atoms with van der Waals surface area (Å²) in [6.07, 6.45) is -0.648. The summed E-state index contributed by atoms with van der Waals surface area (Å²) in [7, 11) is 1.53. The molecule has 0 heterocycles. The fraction of sp³-hybridized carbons (Fsp3) is 0.833. The fourth-order valence-corrected chi connectivity index (χ4v) is 0.823. The number of rotatable bonds is 5. The van der Waals surface area contributed by atoms with E-state index in [1.807, 2.05) is 0 Å². The van der Waals surface area contributed by atoms with Gasteiger partial charge in [0.15, 0.2) is 0 Å². The minimum absolute atomic E-state index is 0.123. The van der Waals surface area contributed by atoms with Gasteiger partial charge in [0.2, 0.25) is 0 Å². The van der Waals surface area contributed by atoms with Crippen molar-refractivity contribution in [2.75, 3.05) is 20.3 Å². The topological polar surface area (TPSA) is 73.9 Å². The van der Waals surface area contributed by atoms with Crippen molar-refractivity contribution >= 4 is 12.1 Å². The molecule has 0 aliphatic carbocycles. The van der Waals surface area contributed by atoms with E-state index in [0.29, 0.717) is 0 Å². The van der Waals surface area contributed by atoms with Crippen molar-refractivity contribution in [1.82, 2.24) is 5.32 Å². The van der Waals surface area contributed by atoms with Crippen LogP contribution in [0.1, 0.15) is 34.6 Å². The van der Waals surface area contributed by atoms with Gasteiger partial charge in [-0.25, -0.2) is 4.79 Å². The second-order valence-electron chi connectivity index (χ2n) is 5.48. The number of amides is 1. The van der Waals surface area contributed by atoms with Gasteiger partial charge in [0.05, 0.1) is 5.60 Å². The Labute approximate surface area is 108 Å². The molecule has 0 aliphatic heterocycles. The van der Waals surface area contributed by atoms with E-state index in [1.165, 1.54) is 7.11 Å². The molecule has 0 aromatic carbocycles. The molecule has 106 valence electrons. The molecule has 6 heteroatoms. The van der Waals surface area contributed by atoms with Gasteiger partial charge >= 0.3 is 12.1 Å². The average Bonchev–Trinajstić information content (AvgIpc) is 2.21. The average molecular weight is 261 g/mol.